The van der Waals surface area contributed by atoms with Gasteiger partial charge in [-0.15, -0.1) is 0 Å². The SMILES string of the molecule is CC1(C)CCC(C=O)C(Br)C1. The summed E-state index contributed by atoms with van der Waals surface area (Å²) >= 11 is 3.56. The molecule has 0 aromatic heterocycles. The maximum Gasteiger partial charge on any atom is 0.124 e. The van der Waals surface area contributed by atoms with Crippen LogP contribution in [-0.4, -0.2) is 11.1 Å². The minimum absolute atomic E-state index is 0.253. The van der Waals surface area contributed by atoms with E-state index in [0.29, 0.717) is 10.2 Å². The third-order valence-corrected chi connectivity index (χ3v) is 3.54. The van der Waals surface area contributed by atoms with Crippen molar-refractivity contribution in [3.63, 3.8) is 0 Å². The number of hydrogen-bond donors (Lipinski definition) is 0. The number of carbonyl (C=O) groups excluding carboxylic acids is 1. The van der Waals surface area contributed by atoms with E-state index in [1.54, 1.807) is 0 Å². The molecule has 0 heterocycles. The van der Waals surface area contributed by atoms with Crippen molar-refractivity contribution in [3.05, 3.63) is 0 Å². The Morgan fingerprint density at radius 1 is 1.55 bits per heavy atom. The zero-order chi connectivity index (χ0) is 8.48. The van der Waals surface area contributed by atoms with Gasteiger partial charge in [-0.1, -0.05) is 29.8 Å². The molecule has 2 unspecified atom stereocenters. The van der Waals surface area contributed by atoms with Crippen molar-refractivity contribution in [3.8, 4) is 0 Å². The molecule has 0 aromatic carbocycles. The van der Waals surface area contributed by atoms with Crippen molar-refractivity contribution >= 4 is 22.2 Å². The van der Waals surface area contributed by atoms with E-state index >= 15 is 0 Å². The molecule has 0 aliphatic heterocycles. The van der Waals surface area contributed by atoms with E-state index in [-0.39, 0.29) is 5.92 Å². The molecule has 0 spiro atoms. The lowest BCUT2D eigenvalue weighted by Crippen LogP contribution is -2.30. The predicted octanol–water partition coefficient (Wildman–Crippen LogP) is 2.78. The highest BCUT2D eigenvalue weighted by Gasteiger charge is 2.32. The number of halogens is 1. The lowest BCUT2D eigenvalue weighted by atomic mass is 9.73. The van der Waals surface area contributed by atoms with Gasteiger partial charge in [0, 0.05) is 10.7 Å². The Hall–Kier alpha value is 0.150. The van der Waals surface area contributed by atoms with Gasteiger partial charge in [0.2, 0.25) is 0 Å². The van der Waals surface area contributed by atoms with E-state index in [2.05, 4.69) is 29.8 Å². The Morgan fingerprint density at radius 3 is 2.64 bits per heavy atom. The molecule has 0 N–H and O–H groups in total. The molecule has 0 saturated heterocycles. The third-order valence-electron chi connectivity index (χ3n) is 2.54. The average molecular weight is 219 g/mol. The summed E-state index contributed by atoms with van der Waals surface area (Å²) in [7, 11) is 0. The molecule has 1 aliphatic carbocycles. The van der Waals surface area contributed by atoms with Crippen LogP contribution in [0.2, 0.25) is 0 Å². The summed E-state index contributed by atoms with van der Waals surface area (Å²) in [4.78, 5) is 11.0. The van der Waals surface area contributed by atoms with Crippen molar-refractivity contribution in [1.29, 1.82) is 0 Å². The smallest absolute Gasteiger partial charge is 0.124 e. The molecule has 0 aromatic rings. The average Bonchev–Trinajstić information content (AvgIpc) is 1.86. The van der Waals surface area contributed by atoms with Crippen LogP contribution in [0.15, 0.2) is 0 Å². The molecule has 0 bridgehead atoms. The number of aldehydes is 1. The predicted molar refractivity (Wildman–Crippen MR) is 49.9 cm³/mol. The van der Waals surface area contributed by atoms with Gasteiger partial charge in [-0.3, -0.25) is 0 Å². The van der Waals surface area contributed by atoms with Crippen LogP contribution in [0.4, 0.5) is 0 Å². The van der Waals surface area contributed by atoms with Crippen LogP contribution in [0.5, 0.6) is 0 Å². The Kier molecular flexibility index (Phi) is 2.74. The van der Waals surface area contributed by atoms with E-state index in [1.807, 2.05) is 0 Å². The van der Waals surface area contributed by atoms with Gasteiger partial charge >= 0.3 is 0 Å². The zero-order valence-electron chi connectivity index (χ0n) is 7.14. The fourth-order valence-corrected chi connectivity index (χ4v) is 2.94. The van der Waals surface area contributed by atoms with E-state index in [4.69, 9.17) is 0 Å². The first kappa shape index (κ1) is 9.24. The maximum atomic E-state index is 10.6. The Bertz CT molecular complexity index is 154. The van der Waals surface area contributed by atoms with Gasteiger partial charge in [-0.25, -0.2) is 0 Å². The minimum atomic E-state index is 0.253. The Balaban J connectivity index is 2.54. The van der Waals surface area contributed by atoms with Crippen molar-refractivity contribution in [1.82, 2.24) is 0 Å². The number of hydrogen-bond acceptors (Lipinski definition) is 1. The lowest BCUT2D eigenvalue weighted by molar-refractivity contribution is -0.112. The van der Waals surface area contributed by atoms with E-state index in [9.17, 15) is 4.79 Å². The highest BCUT2D eigenvalue weighted by molar-refractivity contribution is 9.09. The van der Waals surface area contributed by atoms with Crippen LogP contribution in [0, 0.1) is 11.3 Å². The molecule has 1 nitrogen and oxygen atoms in total. The molecule has 1 fully saturated rings. The molecule has 64 valence electrons. The summed E-state index contributed by atoms with van der Waals surface area (Å²) in [6.07, 6.45) is 4.44. The van der Waals surface area contributed by atoms with Gasteiger partial charge in [0.25, 0.3) is 0 Å². The van der Waals surface area contributed by atoms with E-state index < -0.39 is 0 Å². The first-order valence-corrected chi connectivity index (χ1v) is 5.06. The van der Waals surface area contributed by atoms with Crippen molar-refractivity contribution < 1.29 is 4.79 Å². The van der Waals surface area contributed by atoms with Crippen LogP contribution < -0.4 is 0 Å². The number of carbonyl (C=O) groups is 1. The molecule has 11 heavy (non-hydrogen) atoms. The molecule has 1 rings (SSSR count). The second-order valence-corrected chi connectivity index (χ2v) is 5.40. The Labute approximate surface area is 76.7 Å². The number of rotatable bonds is 1. The van der Waals surface area contributed by atoms with Crippen molar-refractivity contribution in [2.75, 3.05) is 0 Å². The molecule has 2 atom stereocenters. The van der Waals surface area contributed by atoms with E-state index in [0.717, 1.165) is 19.1 Å². The number of alkyl halides is 1. The summed E-state index contributed by atoms with van der Waals surface area (Å²) < 4.78 is 0. The normalized spacial score (nSPS) is 36.6. The standard InChI is InChI=1S/C9H15BrO/c1-9(2)4-3-7(6-11)8(10)5-9/h6-8H,3-5H2,1-2H3. The first-order chi connectivity index (χ1) is 5.05. The summed E-state index contributed by atoms with van der Waals surface area (Å²) in [6, 6.07) is 0. The minimum Gasteiger partial charge on any atom is -0.303 e. The van der Waals surface area contributed by atoms with Crippen LogP contribution >= 0.6 is 15.9 Å². The molecular weight excluding hydrogens is 204 g/mol. The second-order valence-electron chi connectivity index (χ2n) is 4.22. The zero-order valence-corrected chi connectivity index (χ0v) is 8.73. The topological polar surface area (TPSA) is 17.1 Å². The summed E-state index contributed by atoms with van der Waals surface area (Å²) in [5.41, 5.74) is 0.424. The largest absolute Gasteiger partial charge is 0.303 e. The molecule has 1 aliphatic rings. The third kappa shape index (κ3) is 2.29. The second kappa shape index (κ2) is 3.26. The van der Waals surface area contributed by atoms with Crippen molar-refractivity contribution in [2.24, 2.45) is 11.3 Å². The van der Waals surface area contributed by atoms with Gasteiger partial charge in [-0.05, 0) is 24.7 Å². The van der Waals surface area contributed by atoms with Gasteiger partial charge < -0.3 is 4.79 Å². The van der Waals surface area contributed by atoms with Crippen LogP contribution in [0.3, 0.4) is 0 Å². The quantitative estimate of drug-likeness (QED) is 0.489. The lowest BCUT2D eigenvalue weighted by Gasteiger charge is -2.35. The molecule has 2 heteroatoms. The summed E-state index contributed by atoms with van der Waals surface area (Å²) in [6.45, 7) is 4.53. The summed E-state index contributed by atoms with van der Waals surface area (Å²) in [5, 5.41) is 0. The van der Waals surface area contributed by atoms with Gasteiger partial charge in [0.05, 0.1) is 0 Å². The van der Waals surface area contributed by atoms with Crippen LogP contribution in [0.25, 0.3) is 0 Å². The summed E-state index contributed by atoms with van der Waals surface area (Å²) in [5.74, 6) is 0.253. The highest BCUT2D eigenvalue weighted by atomic mass is 79.9. The fraction of sp³-hybridized carbons (Fsp3) is 0.889. The first-order valence-electron chi connectivity index (χ1n) is 4.14. The highest BCUT2D eigenvalue weighted by Crippen LogP contribution is 2.40. The molecule has 0 radical (unpaired) electrons. The Morgan fingerprint density at radius 2 is 2.18 bits per heavy atom. The van der Waals surface area contributed by atoms with Crippen LogP contribution in [-0.2, 0) is 4.79 Å². The monoisotopic (exact) mass is 218 g/mol. The molecule has 0 amide bonds. The molecule has 1 saturated carbocycles. The van der Waals surface area contributed by atoms with Gasteiger partial charge in [-0.2, -0.15) is 0 Å². The van der Waals surface area contributed by atoms with Crippen LogP contribution in [0.1, 0.15) is 33.1 Å². The van der Waals surface area contributed by atoms with Crippen molar-refractivity contribution in [2.45, 2.75) is 37.9 Å². The van der Waals surface area contributed by atoms with Gasteiger partial charge in [0.15, 0.2) is 0 Å². The van der Waals surface area contributed by atoms with Gasteiger partial charge in [0.1, 0.15) is 6.29 Å². The maximum absolute atomic E-state index is 10.6. The molecular formula is C9H15BrO. The fourth-order valence-electron chi connectivity index (χ4n) is 1.67. The van der Waals surface area contributed by atoms with E-state index in [1.165, 1.54) is 6.42 Å².